The van der Waals surface area contributed by atoms with E-state index in [0.717, 1.165) is 6.42 Å². The summed E-state index contributed by atoms with van der Waals surface area (Å²) >= 11 is 4.31. The Hall–Kier alpha value is -1.16. The number of rotatable bonds is 3. The van der Waals surface area contributed by atoms with Crippen LogP contribution in [0.1, 0.15) is 13.3 Å². The van der Waals surface area contributed by atoms with E-state index in [1.54, 1.807) is 19.1 Å². The van der Waals surface area contributed by atoms with Gasteiger partial charge in [-0.2, -0.15) is 16.9 Å². The molecule has 1 aliphatic heterocycles. The summed E-state index contributed by atoms with van der Waals surface area (Å²) in [5.41, 5.74) is 0. The molecule has 0 spiro atoms. The lowest BCUT2D eigenvalue weighted by Gasteiger charge is -2.15. The first-order valence-electron chi connectivity index (χ1n) is 5.91. The summed E-state index contributed by atoms with van der Waals surface area (Å²) in [6.45, 7) is 2.65. The van der Waals surface area contributed by atoms with Gasteiger partial charge in [-0.25, -0.2) is 8.42 Å². The van der Waals surface area contributed by atoms with Crippen molar-refractivity contribution in [1.82, 2.24) is 4.31 Å². The lowest BCUT2D eigenvalue weighted by atomic mass is 10.3. The van der Waals surface area contributed by atoms with E-state index in [9.17, 15) is 8.42 Å². The van der Waals surface area contributed by atoms with Crippen molar-refractivity contribution in [2.24, 2.45) is 0 Å². The zero-order valence-electron chi connectivity index (χ0n) is 10.5. The smallest absolute Gasteiger partial charge is 0.243 e. The van der Waals surface area contributed by atoms with E-state index >= 15 is 0 Å². The second-order valence-corrected chi connectivity index (χ2v) is 6.90. The van der Waals surface area contributed by atoms with E-state index in [1.165, 1.54) is 16.4 Å². The predicted octanol–water partition coefficient (Wildman–Crippen LogP) is 1.74. The van der Waals surface area contributed by atoms with E-state index in [4.69, 9.17) is 4.74 Å². The number of hydrogen-bond acceptors (Lipinski definition) is 4. The highest BCUT2D eigenvalue weighted by Crippen LogP contribution is 2.24. The molecule has 0 radical (unpaired) electrons. The van der Waals surface area contributed by atoms with Gasteiger partial charge >= 0.3 is 0 Å². The molecule has 0 saturated carbocycles. The maximum atomic E-state index is 12.3. The van der Waals surface area contributed by atoms with Gasteiger partial charge < -0.3 is 4.74 Å². The highest BCUT2D eigenvalue weighted by molar-refractivity contribution is 7.89. The van der Waals surface area contributed by atoms with Gasteiger partial charge in [0.25, 0.3) is 0 Å². The van der Waals surface area contributed by atoms with Gasteiger partial charge in [0.1, 0.15) is 11.9 Å². The van der Waals surface area contributed by atoms with Crippen LogP contribution in [0, 0.1) is 12.0 Å². The zero-order valence-corrected chi connectivity index (χ0v) is 12.2. The van der Waals surface area contributed by atoms with Crippen molar-refractivity contribution in [3.63, 3.8) is 0 Å². The molecular weight excluding hydrogens is 282 g/mol. The average Bonchev–Trinajstić information content (AvgIpc) is 2.84. The number of nitrogens with zero attached hydrogens (tertiary/aromatic N) is 1. The largest absolute Gasteiger partial charge is 0.408 e. The van der Waals surface area contributed by atoms with Gasteiger partial charge in [0.2, 0.25) is 10.0 Å². The van der Waals surface area contributed by atoms with Gasteiger partial charge in [0, 0.05) is 25.3 Å². The van der Waals surface area contributed by atoms with E-state index in [2.05, 4.69) is 24.7 Å². The Kier molecular flexibility index (Phi) is 4.40. The van der Waals surface area contributed by atoms with Crippen LogP contribution >= 0.6 is 12.6 Å². The summed E-state index contributed by atoms with van der Waals surface area (Å²) in [7, 11) is -3.42. The fourth-order valence-corrected chi connectivity index (χ4v) is 3.79. The molecule has 0 N–H and O–H groups in total. The number of benzene rings is 1. The monoisotopic (exact) mass is 297 g/mol. The number of thiol groups is 1. The van der Waals surface area contributed by atoms with Crippen LogP contribution in [0.5, 0.6) is 5.75 Å². The van der Waals surface area contributed by atoms with Crippen molar-refractivity contribution in [2.75, 3.05) is 13.1 Å². The van der Waals surface area contributed by atoms with Crippen LogP contribution in [0.25, 0.3) is 0 Å². The molecule has 0 aromatic heterocycles. The molecule has 1 heterocycles. The standard InChI is InChI=1S/C13H15NO3S2/c1-2-9-17-11-3-5-13(6-4-11)19(15,16)14-8-7-12(18)10-14/h3-6,12,18H,7-8,10H2,1H3/t12-/m1/s1. The van der Waals surface area contributed by atoms with Crippen LogP contribution in [-0.2, 0) is 10.0 Å². The first-order chi connectivity index (χ1) is 9.04. The number of ether oxygens (including phenoxy) is 1. The van der Waals surface area contributed by atoms with Crippen LogP contribution in [0.4, 0.5) is 0 Å². The number of hydrogen-bond donors (Lipinski definition) is 1. The van der Waals surface area contributed by atoms with Crippen molar-refractivity contribution < 1.29 is 13.2 Å². The topological polar surface area (TPSA) is 46.6 Å². The SMILES string of the molecule is CC#COc1ccc(S(=O)(=O)N2CC[C@@H](S)C2)cc1. The Labute approximate surface area is 119 Å². The first-order valence-corrected chi connectivity index (χ1v) is 7.86. The molecule has 6 heteroatoms. The van der Waals surface area contributed by atoms with Crippen LogP contribution in [-0.4, -0.2) is 31.1 Å². The summed E-state index contributed by atoms with van der Waals surface area (Å²) in [5, 5.41) is 0.122. The van der Waals surface area contributed by atoms with Crippen molar-refractivity contribution in [3.8, 4) is 17.8 Å². The Balaban J connectivity index is 2.18. The highest BCUT2D eigenvalue weighted by atomic mass is 32.2. The third-order valence-electron chi connectivity index (χ3n) is 2.86. The molecule has 0 aliphatic carbocycles. The summed E-state index contributed by atoms with van der Waals surface area (Å²) < 4.78 is 31.2. The van der Waals surface area contributed by atoms with Gasteiger partial charge in [0.15, 0.2) is 0 Å². The Morgan fingerprint density at radius 2 is 2.05 bits per heavy atom. The molecule has 1 saturated heterocycles. The van der Waals surface area contributed by atoms with E-state index in [-0.39, 0.29) is 10.1 Å². The van der Waals surface area contributed by atoms with Crippen molar-refractivity contribution in [3.05, 3.63) is 24.3 Å². The quantitative estimate of drug-likeness (QED) is 0.683. The third-order valence-corrected chi connectivity index (χ3v) is 5.16. The lowest BCUT2D eigenvalue weighted by molar-refractivity contribution is 0.477. The van der Waals surface area contributed by atoms with Gasteiger partial charge in [-0.3, -0.25) is 0 Å². The molecular formula is C13H15NO3S2. The van der Waals surface area contributed by atoms with E-state index in [1.807, 2.05) is 0 Å². The Morgan fingerprint density at radius 1 is 1.37 bits per heavy atom. The maximum absolute atomic E-state index is 12.3. The highest BCUT2D eigenvalue weighted by Gasteiger charge is 2.30. The fraction of sp³-hybridized carbons (Fsp3) is 0.385. The normalized spacial score (nSPS) is 19.8. The van der Waals surface area contributed by atoms with Gasteiger partial charge in [-0.1, -0.05) is 5.92 Å². The third kappa shape index (κ3) is 3.24. The van der Waals surface area contributed by atoms with Crippen LogP contribution in [0.2, 0.25) is 0 Å². The van der Waals surface area contributed by atoms with Gasteiger partial charge in [0.05, 0.1) is 4.90 Å². The molecule has 1 aliphatic rings. The van der Waals surface area contributed by atoms with Gasteiger partial charge in [-0.05, 0) is 30.7 Å². The molecule has 2 rings (SSSR count). The minimum atomic E-state index is -3.42. The van der Waals surface area contributed by atoms with E-state index in [0.29, 0.717) is 18.8 Å². The summed E-state index contributed by atoms with van der Waals surface area (Å²) in [5.74, 6) is 3.13. The summed E-state index contributed by atoms with van der Waals surface area (Å²) in [6.07, 6.45) is 3.25. The van der Waals surface area contributed by atoms with Crippen LogP contribution in [0.3, 0.4) is 0 Å². The lowest BCUT2D eigenvalue weighted by Crippen LogP contribution is -2.28. The average molecular weight is 297 g/mol. The molecule has 0 amide bonds. The summed E-state index contributed by atoms with van der Waals surface area (Å²) in [6, 6.07) is 6.28. The molecule has 1 atom stereocenters. The molecule has 1 aromatic carbocycles. The molecule has 102 valence electrons. The summed E-state index contributed by atoms with van der Waals surface area (Å²) in [4.78, 5) is 0.270. The Morgan fingerprint density at radius 3 is 2.58 bits per heavy atom. The second-order valence-electron chi connectivity index (χ2n) is 4.23. The minimum Gasteiger partial charge on any atom is -0.408 e. The van der Waals surface area contributed by atoms with Crippen LogP contribution in [0.15, 0.2) is 29.2 Å². The minimum absolute atomic E-state index is 0.122. The van der Waals surface area contributed by atoms with Crippen molar-refractivity contribution in [2.45, 2.75) is 23.5 Å². The van der Waals surface area contributed by atoms with Crippen molar-refractivity contribution >= 4 is 22.7 Å². The zero-order chi connectivity index (χ0) is 13.9. The molecule has 0 bridgehead atoms. The van der Waals surface area contributed by atoms with Gasteiger partial charge in [-0.15, -0.1) is 0 Å². The predicted molar refractivity (Wildman–Crippen MR) is 76.7 cm³/mol. The van der Waals surface area contributed by atoms with E-state index < -0.39 is 10.0 Å². The molecule has 1 aromatic rings. The molecule has 19 heavy (non-hydrogen) atoms. The fourth-order valence-electron chi connectivity index (χ4n) is 1.87. The van der Waals surface area contributed by atoms with Crippen LogP contribution < -0.4 is 4.74 Å². The Bertz CT molecular complexity index is 599. The first kappa shape index (κ1) is 14.3. The maximum Gasteiger partial charge on any atom is 0.243 e. The molecule has 0 unspecified atom stereocenters. The molecule has 1 fully saturated rings. The number of sulfonamides is 1. The second kappa shape index (κ2) is 5.87. The van der Waals surface area contributed by atoms with Crippen molar-refractivity contribution in [1.29, 1.82) is 0 Å². The molecule has 4 nitrogen and oxygen atoms in total.